The highest BCUT2D eigenvalue weighted by Gasteiger charge is 2.59. The molecule has 0 bridgehead atoms. The standard InChI is InChI=1S/C57H102N4O8/c1-17-42(39(2)3)23-22-40(4)46-26-27-47-45-25-24-43-38-44(28-30-56(43,15)48(45)29-31-57(46,47)16)66-49(62)41(5)60(36-20-32-58-50(63)67-53(6,7)8)34-18-19-35-61(52(65)69-55(12,13)14)37-21-33-59-51(64)68-54(9,10)11/h24,39-42,44-48H,17-23,25-38H2,1-16H3,(H,58,63)(H,59,64)/t40?,41?,42?,44-,45-,46+,47-,48-,56-,57+/m0/s1. The van der Waals surface area contributed by atoms with Gasteiger partial charge in [-0.25, -0.2) is 14.4 Å². The van der Waals surface area contributed by atoms with Crippen molar-refractivity contribution in [2.45, 2.75) is 236 Å². The van der Waals surface area contributed by atoms with Crippen LogP contribution in [0, 0.1) is 52.3 Å². The molecule has 3 fully saturated rings. The fraction of sp³-hybridized carbons (Fsp3) is 0.895. The number of rotatable bonds is 22. The van der Waals surface area contributed by atoms with Crippen LogP contribution in [-0.2, 0) is 23.7 Å². The number of carbonyl (C=O) groups excluding carboxylic acids is 4. The molecule has 3 saturated carbocycles. The van der Waals surface area contributed by atoms with Gasteiger partial charge in [0.15, 0.2) is 0 Å². The molecule has 2 N–H and O–H groups in total. The van der Waals surface area contributed by atoms with Crippen molar-refractivity contribution in [3.63, 3.8) is 0 Å². The molecular weight excluding hydrogens is 869 g/mol. The van der Waals surface area contributed by atoms with Crippen LogP contribution in [0.5, 0.6) is 0 Å². The molecule has 4 aliphatic rings. The summed E-state index contributed by atoms with van der Waals surface area (Å²) in [6, 6.07) is -0.489. The smallest absolute Gasteiger partial charge is 0.410 e. The molecule has 0 aliphatic heterocycles. The Morgan fingerprint density at radius 2 is 1.28 bits per heavy atom. The molecule has 4 aliphatic carbocycles. The van der Waals surface area contributed by atoms with Crippen LogP contribution in [-0.4, -0.2) is 102 Å². The van der Waals surface area contributed by atoms with Gasteiger partial charge in [0.1, 0.15) is 28.9 Å². The lowest BCUT2D eigenvalue weighted by atomic mass is 9.47. The third kappa shape index (κ3) is 17.3. The molecule has 3 amide bonds. The van der Waals surface area contributed by atoms with Gasteiger partial charge in [0.2, 0.25) is 0 Å². The normalized spacial score (nSPS) is 27.2. The van der Waals surface area contributed by atoms with E-state index in [-0.39, 0.29) is 17.5 Å². The van der Waals surface area contributed by atoms with Crippen molar-refractivity contribution in [1.82, 2.24) is 20.4 Å². The number of nitrogens with one attached hydrogen (secondary N) is 2. The molecule has 0 aromatic heterocycles. The molecule has 4 rings (SSSR count). The van der Waals surface area contributed by atoms with Gasteiger partial charge in [0.25, 0.3) is 0 Å². The van der Waals surface area contributed by atoms with Gasteiger partial charge in [0.05, 0.1) is 0 Å². The van der Waals surface area contributed by atoms with Gasteiger partial charge in [-0.1, -0.05) is 66.0 Å². The van der Waals surface area contributed by atoms with Gasteiger partial charge in [-0.2, -0.15) is 0 Å². The Balaban J connectivity index is 1.37. The Labute approximate surface area is 420 Å². The number of nitrogens with zero attached hydrogens (tertiary/aromatic N) is 2. The quantitative estimate of drug-likeness (QED) is 0.0470. The number of amides is 3. The highest BCUT2D eigenvalue weighted by molar-refractivity contribution is 5.75. The number of carbonyl (C=O) groups is 4. The SMILES string of the molecule is CCC(CCC(C)[C@H]1CC[C@H]2[C@@H]3CC=C4C[C@@H](OC(=O)C(C)N(CCCCN(CCCNC(=O)OC(C)(C)C)C(=O)OC(C)(C)C)CCCNC(=O)OC(C)(C)C)CC[C@]4(C)[C@H]3CC[C@]12C)C(C)C. The summed E-state index contributed by atoms with van der Waals surface area (Å²) in [5.74, 6) is 5.29. The maximum Gasteiger partial charge on any atom is 0.410 e. The topological polar surface area (TPSA) is 136 Å². The molecule has 12 heteroatoms. The first-order valence-corrected chi connectivity index (χ1v) is 27.6. The average Bonchev–Trinajstić information content (AvgIpc) is 3.59. The van der Waals surface area contributed by atoms with Crippen LogP contribution in [0.1, 0.15) is 207 Å². The van der Waals surface area contributed by atoms with E-state index in [1.165, 1.54) is 56.9 Å². The molecule has 3 unspecified atom stereocenters. The molecular formula is C57H102N4O8. The third-order valence-corrected chi connectivity index (χ3v) is 16.8. The summed E-state index contributed by atoms with van der Waals surface area (Å²) in [6.07, 6.45) is 17.1. The zero-order valence-electron chi connectivity index (χ0n) is 46.8. The summed E-state index contributed by atoms with van der Waals surface area (Å²) in [4.78, 5) is 56.0. The maximum atomic E-state index is 14.2. The van der Waals surface area contributed by atoms with E-state index in [4.69, 9.17) is 18.9 Å². The van der Waals surface area contributed by atoms with Gasteiger partial charge in [-0.3, -0.25) is 9.69 Å². The molecule has 12 nitrogen and oxygen atoms in total. The van der Waals surface area contributed by atoms with Crippen LogP contribution in [0.3, 0.4) is 0 Å². The molecule has 0 saturated heterocycles. The second-order valence-electron chi connectivity index (χ2n) is 25.7. The zero-order valence-corrected chi connectivity index (χ0v) is 46.8. The summed E-state index contributed by atoms with van der Waals surface area (Å²) in [6.45, 7) is 36.3. The van der Waals surface area contributed by atoms with E-state index in [0.29, 0.717) is 69.9 Å². The number of allylic oxidation sites excluding steroid dienone is 1. The molecule has 0 spiro atoms. The van der Waals surface area contributed by atoms with Crippen LogP contribution in [0.4, 0.5) is 14.4 Å². The van der Waals surface area contributed by atoms with E-state index >= 15 is 0 Å². The fourth-order valence-corrected chi connectivity index (χ4v) is 13.1. The molecule has 0 aromatic carbocycles. The first-order chi connectivity index (χ1) is 32.1. The van der Waals surface area contributed by atoms with Crippen molar-refractivity contribution in [2.75, 3.05) is 39.3 Å². The van der Waals surface area contributed by atoms with Crippen LogP contribution in [0.2, 0.25) is 0 Å². The first kappa shape index (κ1) is 58.5. The van der Waals surface area contributed by atoms with E-state index in [1.54, 1.807) is 4.90 Å². The van der Waals surface area contributed by atoms with Gasteiger partial charge in [-0.15, -0.1) is 0 Å². The van der Waals surface area contributed by atoms with E-state index in [0.717, 1.165) is 61.2 Å². The highest BCUT2D eigenvalue weighted by atomic mass is 16.6. The lowest BCUT2D eigenvalue weighted by Gasteiger charge is -2.58. The van der Waals surface area contributed by atoms with Crippen molar-refractivity contribution >= 4 is 24.2 Å². The number of alkyl carbamates (subject to hydrolysis) is 2. The molecule has 0 radical (unpaired) electrons. The Morgan fingerprint density at radius 1 is 0.710 bits per heavy atom. The highest BCUT2D eigenvalue weighted by Crippen LogP contribution is 2.67. The number of hydrogen-bond acceptors (Lipinski definition) is 9. The molecule has 398 valence electrons. The van der Waals surface area contributed by atoms with Crippen molar-refractivity contribution in [1.29, 1.82) is 0 Å². The van der Waals surface area contributed by atoms with E-state index in [9.17, 15) is 19.2 Å². The van der Waals surface area contributed by atoms with E-state index in [2.05, 4.69) is 63.2 Å². The Bertz CT molecular complexity index is 1700. The summed E-state index contributed by atoms with van der Waals surface area (Å²) in [5.41, 5.74) is 0.292. The minimum atomic E-state index is -0.654. The first-order valence-electron chi connectivity index (χ1n) is 27.6. The molecule has 0 heterocycles. The second-order valence-corrected chi connectivity index (χ2v) is 25.7. The monoisotopic (exact) mass is 971 g/mol. The predicted octanol–water partition coefficient (Wildman–Crippen LogP) is 13.1. The molecule has 69 heavy (non-hydrogen) atoms. The summed E-state index contributed by atoms with van der Waals surface area (Å²) >= 11 is 0. The number of hydrogen-bond donors (Lipinski definition) is 2. The third-order valence-electron chi connectivity index (χ3n) is 16.8. The van der Waals surface area contributed by atoms with Crippen molar-refractivity contribution in [3.05, 3.63) is 11.6 Å². The Morgan fingerprint density at radius 3 is 1.86 bits per heavy atom. The van der Waals surface area contributed by atoms with Crippen LogP contribution in [0.15, 0.2) is 11.6 Å². The summed E-state index contributed by atoms with van der Waals surface area (Å²) < 4.78 is 23.0. The number of esters is 1. The Hall–Kier alpha value is -3.02. The summed E-state index contributed by atoms with van der Waals surface area (Å²) in [7, 11) is 0. The number of fused-ring (bicyclic) bond motifs is 5. The van der Waals surface area contributed by atoms with Gasteiger partial charge >= 0.3 is 24.2 Å². The zero-order chi connectivity index (χ0) is 51.5. The number of ether oxygens (including phenoxy) is 4. The van der Waals surface area contributed by atoms with E-state index in [1.807, 2.05) is 69.2 Å². The van der Waals surface area contributed by atoms with Crippen molar-refractivity contribution in [3.8, 4) is 0 Å². The molecule has 10 atom stereocenters. The lowest BCUT2D eigenvalue weighted by Crippen LogP contribution is -2.51. The summed E-state index contributed by atoms with van der Waals surface area (Å²) in [5, 5.41) is 5.65. The average molecular weight is 971 g/mol. The van der Waals surface area contributed by atoms with Crippen molar-refractivity contribution in [2.24, 2.45) is 52.3 Å². The minimum Gasteiger partial charge on any atom is -0.461 e. The van der Waals surface area contributed by atoms with Gasteiger partial charge < -0.3 is 34.5 Å². The van der Waals surface area contributed by atoms with Crippen LogP contribution in [0.25, 0.3) is 0 Å². The van der Waals surface area contributed by atoms with Gasteiger partial charge in [0, 0.05) is 39.1 Å². The number of unbranched alkanes of at least 4 members (excludes halogenated alkanes) is 1. The van der Waals surface area contributed by atoms with E-state index < -0.39 is 41.1 Å². The second kappa shape index (κ2) is 25.1. The van der Waals surface area contributed by atoms with Crippen molar-refractivity contribution < 1.29 is 38.1 Å². The maximum absolute atomic E-state index is 14.2. The predicted molar refractivity (Wildman–Crippen MR) is 278 cm³/mol. The van der Waals surface area contributed by atoms with Gasteiger partial charge in [-0.05, 0) is 205 Å². The fourth-order valence-electron chi connectivity index (χ4n) is 13.1. The Kier molecular flexibility index (Phi) is 21.3. The largest absolute Gasteiger partial charge is 0.461 e. The van der Waals surface area contributed by atoms with Crippen LogP contribution >= 0.6 is 0 Å². The molecule has 0 aromatic rings. The minimum absolute atomic E-state index is 0.137. The van der Waals surface area contributed by atoms with Crippen LogP contribution < -0.4 is 10.6 Å². The lowest BCUT2D eigenvalue weighted by molar-refractivity contribution is -0.157.